The number of aryl methyl sites for hydroxylation is 1. The van der Waals surface area contributed by atoms with Crippen LogP contribution in [-0.2, 0) is 6.61 Å². The maximum absolute atomic E-state index is 8.75. The fourth-order valence-corrected chi connectivity index (χ4v) is 1.11. The number of halogens is 2. The molecule has 0 saturated carbocycles. The van der Waals surface area contributed by atoms with E-state index in [4.69, 9.17) is 28.3 Å². The Morgan fingerprint density at radius 2 is 2.09 bits per heavy atom. The van der Waals surface area contributed by atoms with Crippen LogP contribution in [0.25, 0.3) is 0 Å². The summed E-state index contributed by atoms with van der Waals surface area (Å²) in [7, 11) is 0. The first-order valence-corrected chi connectivity index (χ1v) is 3.82. The van der Waals surface area contributed by atoms with Gasteiger partial charge in [0, 0.05) is 11.8 Å². The van der Waals surface area contributed by atoms with E-state index in [0.29, 0.717) is 21.3 Å². The first kappa shape index (κ1) is 8.78. The van der Waals surface area contributed by atoms with Crippen LogP contribution < -0.4 is 0 Å². The molecule has 0 radical (unpaired) electrons. The SMILES string of the molecule is Cc1ncc(CO)c(Cl)c1Cl. The van der Waals surface area contributed by atoms with Crippen LogP contribution in [0.3, 0.4) is 0 Å². The summed E-state index contributed by atoms with van der Waals surface area (Å²) in [4.78, 5) is 3.93. The van der Waals surface area contributed by atoms with Crippen molar-refractivity contribution in [2.45, 2.75) is 13.5 Å². The first-order chi connectivity index (χ1) is 5.16. The van der Waals surface area contributed by atoms with E-state index in [2.05, 4.69) is 4.98 Å². The minimum absolute atomic E-state index is 0.133. The molecule has 11 heavy (non-hydrogen) atoms. The average molecular weight is 192 g/mol. The fourth-order valence-electron chi connectivity index (χ4n) is 0.698. The number of aliphatic hydroxyl groups excluding tert-OH is 1. The second kappa shape index (κ2) is 3.39. The van der Waals surface area contributed by atoms with Crippen molar-refractivity contribution < 1.29 is 5.11 Å². The molecule has 4 heteroatoms. The van der Waals surface area contributed by atoms with Gasteiger partial charge in [0.05, 0.1) is 22.3 Å². The maximum atomic E-state index is 8.75. The predicted molar refractivity (Wildman–Crippen MR) is 44.9 cm³/mol. The average Bonchev–Trinajstić information content (AvgIpc) is 2.01. The Hall–Kier alpha value is -0.310. The molecule has 1 rings (SSSR count). The van der Waals surface area contributed by atoms with E-state index in [-0.39, 0.29) is 6.61 Å². The molecule has 0 amide bonds. The molecule has 60 valence electrons. The molecule has 0 bridgehead atoms. The number of hydrogen-bond donors (Lipinski definition) is 1. The minimum Gasteiger partial charge on any atom is -0.392 e. The largest absolute Gasteiger partial charge is 0.392 e. The van der Waals surface area contributed by atoms with Gasteiger partial charge in [0.1, 0.15) is 0 Å². The number of hydrogen-bond acceptors (Lipinski definition) is 2. The van der Waals surface area contributed by atoms with Crippen molar-refractivity contribution in [2.24, 2.45) is 0 Å². The van der Waals surface area contributed by atoms with Crippen molar-refractivity contribution in [3.63, 3.8) is 0 Å². The smallest absolute Gasteiger partial charge is 0.0808 e. The van der Waals surface area contributed by atoms with Gasteiger partial charge >= 0.3 is 0 Å². The Morgan fingerprint density at radius 1 is 1.45 bits per heavy atom. The van der Waals surface area contributed by atoms with Crippen molar-refractivity contribution in [1.82, 2.24) is 4.98 Å². The normalized spacial score (nSPS) is 10.2. The van der Waals surface area contributed by atoms with Gasteiger partial charge in [-0.2, -0.15) is 0 Å². The van der Waals surface area contributed by atoms with E-state index >= 15 is 0 Å². The lowest BCUT2D eigenvalue weighted by Gasteiger charge is -2.03. The summed E-state index contributed by atoms with van der Waals surface area (Å²) in [6, 6.07) is 0. The summed E-state index contributed by atoms with van der Waals surface area (Å²) in [5, 5.41) is 9.56. The third-order valence-electron chi connectivity index (χ3n) is 1.38. The van der Waals surface area contributed by atoms with Crippen LogP contribution in [0.15, 0.2) is 6.20 Å². The molecule has 0 aliphatic rings. The fraction of sp³-hybridized carbons (Fsp3) is 0.286. The van der Waals surface area contributed by atoms with Gasteiger partial charge in [0.25, 0.3) is 0 Å². The highest BCUT2D eigenvalue weighted by molar-refractivity contribution is 6.42. The zero-order valence-electron chi connectivity index (χ0n) is 5.93. The second-order valence-electron chi connectivity index (χ2n) is 2.15. The van der Waals surface area contributed by atoms with Crippen LogP contribution >= 0.6 is 23.2 Å². The summed E-state index contributed by atoms with van der Waals surface area (Å²) in [6.45, 7) is 1.63. The van der Waals surface area contributed by atoms with Crippen LogP contribution in [0.2, 0.25) is 10.0 Å². The number of rotatable bonds is 1. The Bertz CT molecular complexity index is 275. The summed E-state index contributed by atoms with van der Waals surface area (Å²) in [5.41, 5.74) is 1.23. The monoisotopic (exact) mass is 191 g/mol. The standard InChI is InChI=1S/C7H7Cl2NO/c1-4-6(8)7(9)5(3-11)2-10-4/h2,11H,3H2,1H3. The lowest BCUT2D eigenvalue weighted by molar-refractivity contribution is 0.281. The molecule has 0 aliphatic heterocycles. The number of nitrogens with zero attached hydrogens (tertiary/aromatic N) is 1. The molecular weight excluding hydrogens is 185 g/mol. The molecule has 0 unspecified atom stereocenters. The molecule has 0 saturated heterocycles. The summed E-state index contributed by atoms with van der Waals surface area (Å²) in [5.74, 6) is 0. The number of aromatic nitrogens is 1. The lowest BCUT2D eigenvalue weighted by Crippen LogP contribution is -1.91. The molecule has 1 aromatic rings. The Labute approximate surface area is 74.8 Å². The topological polar surface area (TPSA) is 33.1 Å². The highest BCUT2D eigenvalue weighted by Crippen LogP contribution is 2.27. The van der Waals surface area contributed by atoms with E-state index < -0.39 is 0 Å². The van der Waals surface area contributed by atoms with Gasteiger partial charge in [-0.05, 0) is 6.92 Å². The highest BCUT2D eigenvalue weighted by Gasteiger charge is 2.06. The number of aliphatic hydroxyl groups is 1. The lowest BCUT2D eigenvalue weighted by atomic mass is 10.2. The summed E-state index contributed by atoms with van der Waals surface area (Å²) in [6.07, 6.45) is 1.52. The predicted octanol–water partition coefficient (Wildman–Crippen LogP) is 2.19. The molecule has 0 aliphatic carbocycles. The van der Waals surface area contributed by atoms with Gasteiger partial charge in [0.2, 0.25) is 0 Å². The van der Waals surface area contributed by atoms with Gasteiger partial charge < -0.3 is 5.11 Å². The highest BCUT2D eigenvalue weighted by atomic mass is 35.5. The van der Waals surface area contributed by atoms with Crippen molar-refractivity contribution in [3.05, 3.63) is 27.5 Å². The molecule has 0 spiro atoms. The van der Waals surface area contributed by atoms with Gasteiger partial charge in [-0.1, -0.05) is 23.2 Å². The van der Waals surface area contributed by atoms with Crippen LogP contribution in [0, 0.1) is 6.92 Å². The Morgan fingerprint density at radius 3 is 2.64 bits per heavy atom. The summed E-state index contributed by atoms with van der Waals surface area (Å²) >= 11 is 11.5. The van der Waals surface area contributed by atoms with Crippen molar-refractivity contribution in [3.8, 4) is 0 Å². The van der Waals surface area contributed by atoms with E-state index in [0.717, 1.165) is 0 Å². The zero-order valence-corrected chi connectivity index (χ0v) is 7.45. The zero-order chi connectivity index (χ0) is 8.43. The minimum atomic E-state index is -0.133. The van der Waals surface area contributed by atoms with Gasteiger partial charge in [-0.25, -0.2) is 0 Å². The van der Waals surface area contributed by atoms with E-state index in [1.807, 2.05) is 0 Å². The third kappa shape index (κ3) is 1.64. The molecule has 0 aromatic carbocycles. The van der Waals surface area contributed by atoms with Gasteiger partial charge in [-0.15, -0.1) is 0 Å². The Balaban J connectivity index is 3.25. The quantitative estimate of drug-likeness (QED) is 0.739. The van der Waals surface area contributed by atoms with Gasteiger partial charge in [0.15, 0.2) is 0 Å². The van der Waals surface area contributed by atoms with Crippen LogP contribution in [0.5, 0.6) is 0 Å². The molecule has 2 nitrogen and oxygen atoms in total. The van der Waals surface area contributed by atoms with Crippen molar-refractivity contribution >= 4 is 23.2 Å². The van der Waals surface area contributed by atoms with Crippen LogP contribution in [0.1, 0.15) is 11.3 Å². The molecular formula is C7H7Cl2NO. The van der Waals surface area contributed by atoms with Crippen LogP contribution in [-0.4, -0.2) is 10.1 Å². The molecule has 1 heterocycles. The first-order valence-electron chi connectivity index (χ1n) is 3.07. The van der Waals surface area contributed by atoms with Gasteiger partial charge in [-0.3, -0.25) is 4.98 Å². The molecule has 1 aromatic heterocycles. The van der Waals surface area contributed by atoms with Crippen LogP contribution in [0.4, 0.5) is 0 Å². The Kier molecular flexibility index (Phi) is 2.71. The molecule has 0 fully saturated rings. The third-order valence-corrected chi connectivity index (χ3v) is 2.37. The second-order valence-corrected chi connectivity index (χ2v) is 2.91. The molecule has 0 atom stereocenters. The van der Waals surface area contributed by atoms with Crippen molar-refractivity contribution in [1.29, 1.82) is 0 Å². The molecule has 1 N–H and O–H groups in total. The number of pyridine rings is 1. The van der Waals surface area contributed by atoms with E-state index in [1.165, 1.54) is 6.20 Å². The van der Waals surface area contributed by atoms with Crippen molar-refractivity contribution in [2.75, 3.05) is 0 Å². The van der Waals surface area contributed by atoms with E-state index in [1.54, 1.807) is 6.92 Å². The maximum Gasteiger partial charge on any atom is 0.0808 e. The van der Waals surface area contributed by atoms with E-state index in [9.17, 15) is 0 Å². The summed E-state index contributed by atoms with van der Waals surface area (Å²) < 4.78 is 0.